The molecule has 20 heavy (non-hydrogen) atoms. The number of hydrogen-bond acceptors (Lipinski definition) is 2. The quantitative estimate of drug-likeness (QED) is 0.782. The van der Waals surface area contributed by atoms with Crippen LogP contribution in [-0.2, 0) is 11.2 Å². The molecule has 0 saturated carbocycles. The smallest absolute Gasteiger partial charge is 0.229 e. The molecule has 1 aromatic rings. The topological polar surface area (TPSA) is 41.1 Å². The van der Waals surface area contributed by atoms with E-state index in [9.17, 15) is 4.79 Å². The molecule has 0 aromatic heterocycles. The molecule has 2 N–H and O–H groups in total. The summed E-state index contributed by atoms with van der Waals surface area (Å²) in [5, 5.41) is 6.30. The van der Waals surface area contributed by atoms with Gasteiger partial charge in [0.25, 0.3) is 0 Å². The van der Waals surface area contributed by atoms with Crippen LogP contribution in [0.1, 0.15) is 38.7 Å². The molecule has 2 rings (SSSR count). The molecule has 2 atom stereocenters. The van der Waals surface area contributed by atoms with Crippen LogP contribution >= 0.6 is 0 Å². The average molecular weight is 274 g/mol. The number of amides is 1. The highest BCUT2D eigenvalue weighted by molar-refractivity contribution is 5.93. The molecule has 1 heterocycles. The lowest BCUT2D eigenvalue weighted by molar-refractivity contribution is -0.120. The van der Waals surface area contributed by atoms with E-state index in [-0.39, 0.29) is 11.8 Å². The highest BCUT2D eigenvalue weighted by atomic mass is 16.1. The van der Waals surface area contributed by atoms with Crippen molar-refractivity contribution in [3.8, 4) is 0 Å². The number of unbranched alkanes of at least 4 members (excludes halogenated alkanes) is 2. The van der Waals surface area contributed by atoms with E-state index in [1.807, 2.05) is 12.1 Å². The monoisotopic (exact) mass is 274 g/mol. The second-order valence-corrected chi connectivity index (χ2v) is 5.89. The third-order valence-corrected chi connectivity index (χ3v) is 4.14. The van der Waals surface area contributed by atoms with E-state index in [1.165, 1.54) is 24.8 Å². The number of nitrogens with one attached hydrogen (secondary N) is 2. The third-order valence-electron chi connectivity index (χ3n) is 4.14. The lowest BCUT2D eigenvalue weighted by atomic mass is 9.97. The van der Waals surface area contributed by atoms with Crippen molar-refractivity contribution < 1.29 is 4.79 Å². The molecule has 0 unspecified atom stereocenters. The van der Waals surface area contributed by atoms with E-state index in [2.05, 4.69) is 36.6 Å². The molecular formula is C17H26N2O. The summed E-state index contributed by atoms with van der Waals surface area (Å²) in [6.07, 6.45) is 4.91. The van der Waals surface area contributed by atoms with Crippen LogP contribution in [0.15, 0.2) is 24.3 Å². The summed E-state index contributed by atoms with van der Waals surface area (Å²) in [4.78, 5) is 12.2. The number of carbonyl (C=O) groups excluding carboxylic acids is 1. The number of anilines is 1. The summed E-state index contributed by atoms with van der Waals surface area (Å²) in [7, 11) is 0. The van der Waals surface area contributed by atoms with Crippen LogP contribution in [0, 0.1) is 11.8 Å². The zero-order valence-electron chi connectivity index (χ0n) is 12.6. The van der Waals surface area contributed by atoms with Crippen LogP contribution in [0.3, 0.4) is 0 Å². The Kier molecular flexibility index (Phi) is 5.60. The van der Waals surface area contributed by atoms with E-state index in [1.54, 1.807) is 0 Å². The highest BCUT2D eigenvalue weighted by Gasteiger charge is 2.29. The Morgan fingerprint density at radius 1 is 1.25 bits per heavy atom. The number of rotatable bonds is 6. The van der Waals surface area contributed by atoms with Gasteiger partial charge in [0.1, 0.15) is 0 Å². The van der Waals surface area contributed by atoms with Crippen molar-refractivity contribution >= 4 is 11.6 Å². The Bertz CT molecular complexity index is 427. The van der Waals surface area contributed by atoms with Crippen molar-refractivity contribution in [2.75, 3.05) is 18.4 Å². The normalized spacial score (nSPS) is 21.9. The molecule has 0 spiro atoms. The SMILES string of the molecule is CCCCCc1ccc(NC(=O)[C@@H]2CNC[C@H]2C)cc1. The highest BCUT2D eigenvalue weighted by Crippen LogP contribution is 2.19. The summed E-state index contributed by atoms with van der Waals surface area (Å²) in [5.74, 6) is 0.656. The summed E-state index contributed by atoms with van der Waals surface area (Å²) in [6.45, 7) is 6.08. The van der Waals surface area contributed by atoms with E-state index < -0.39 is 0 Å². The van der Waals surface area contributed by atoms with Crippen LogP contribution < -0.4 is 10.6 Å². The van der Waals surface area contributed by atoms with Crippen molar-refractivity contribution in [1.29, 1.82) is 0 Å². The molecule has 110 valence electrons. The van der Waals surface area contributed by atoms with Gasteiger partial charge in [-0.2, -0.15) is 0 Å². The zero-order chi connectivity index (χ0) is 14.4. The molecule has 0 radical (unpaired) electrons. The fourth-order valence-electron chi connectivity index (χ4n) is 2.73. The first-order valence-electron chi connectivity index (χ1n) is 7.81. The van der Waals surface area contributed by atoms with Gasteiger partial charge in [-0.3, -0.25) is 4.79 Å². The van der Waals surface area contributed by atoms with E-state index in [0.717, 1.165) is 25.2 Å². The summed E-state index contributed by atoms with van der Waals surface area (Å²) in [6, 6.07) is 8.29. The van der Waals surface area contributed by atoms with Gasteiger partial charge in [0, 0.05) is 12.2 Å². The van der Waals surface area contributed by atoms with Crippen molar-refractivity contribution in [3.63, 3.8) is 0 Å². The van der Waals surface area contributed by atoms with Crippen LogP contribution in [0.2, 0.25) is 0 Å². The van der Waals surface area contributed by atoms with Gasteiger partial charge >= 0.3 is 0 Å². The zero-order valence-corrected chi connectivity index (χ0v) is 12.6. The van der Waals surface area contributed by atoms with Gasteiger partial charge in [-0.25, -0.2) is 0 Å². The van der Waals surface area contributed by atoms with Crippen LogP contribution in [-0.4, -0.2) is 19.0 Å². The fourth-order valence-corrected chi connectivity index (χ4v) is 2.73. The Hall–Kier alpha value is -1.35. The molecule has 0 aliphatic carbocycles. The second-order valence-electron chi connectivity index (χ2n) is 5.89. The van der Waals surface area contributed by atoms with Crippen LogP contribution in [0.5, 0.6) is 0 Å². The van der Waals surface area contributed by atoms with E-state index in [4.69, 9.17) is 0 Å². The largest absolute Gasteiger partial charge is 0.326 e. The van der Waals surface area contributed by atoms with E-state index >= 15 is 0 Å². The first kappa shape index (κ1) is 15.0. The van der Waals surface area contributed by atoms with Crippen LogP contribution in [0.25, 0.3) is 0 Å². The predicted molar refractivity (Wildman–Crippen MR) is 83.8 cm³/mol. The molecule has 1 amide bonds. The fraction of sp³-hybridized carbons (Fsp3) is 0.588. The second kappa shape index (κ2) is 7.44. The van der Waals surface area contributed by atoms with Crippen LogP contribution in [0.4, 0.5) is 5.69 Å². The molecule has 1 saturated heterocycles. The summed E-state index contributed by atoms with van der Waals surface area (Å²) >= 11 is 0. The maximum atomic E-state index is 12.2. The van der Waals surface area contributed by atoms with Crippen molar-refractivity contribution in [2.24, 2.45) is 11.8 Å². The lowest BCUT2D eigenvalue weighted by Crippen LogP contribution is -2.27. The Morgan fingerprint density at radius 3 is 2.60 bits per heavy atom. The summed E-state index contributed by atoms with van der Waals surface area (Å²) < 4.78 is 0. The molecule has 1 aromatic carbocycles. The van der Waals surface area contributed by atoms with Gasteiger partial charge < -0.3 is 10.6 Å². The number of benzene rings is 1. The molecule has 1 fully saturated rings. The number of carbonyl (C=O) groups is 1. The first-order valence-corrected chi connectivity index (χ1v) is 7.81. The molecule has 1 aliphatic heterocycles. The van der Waals surface area contributed by atoms with Crippen molar-refractivity contribution in [1.82, 2.24) is 5.32 Å². The minimum Gasteiger partial charge on any atom is -0.326 e. The molecular weight excluding hydrogens is 248 g/mol. The van der Waals surface area contributed by atoms with Crippen molar-refractivity contribution in [3.05, 3.63) is 29.8 Å². The van der Waals surface area contributed by atoms with E-state index in [0.29, 0.717) is 5.92 Å². The third kappa shape index (κ3) is 4.07. The van der Waals surface area contributed by atoms with Gasteiger partial charge in [0.2, 0.25) is 5.91 Å². The number of aryl methyl sites for hydroxylation is 1. The van der Waals surface area contributed by atoms with Gasteiger partial charge in [0.15, 0.2) is 0 Å². The summed E-state index contributed by atoms with van der Waals surface area (Å²) in [5.41, 5.74) is 2.26. The average Bonchev–Trinajstić information content (AvgIpc) is 2.87. The minimum absolute atomic E-state index is 0.0965. The Morgan fingerprint density at radius 2 is 2.00 bits per heavy atom. The lowest BCUT2D eigenvalue weighted by Gasteiger charge is -2.14. The standard InChI is InChI=1S/C17H26N2O/c1-3-4-5-6-14-7-9-15(10-8-14)19-17(20)16-12-18-11-13(16)2/h7-10,13,16,18H,3-6,11-12H2,1-2H3,(H,19,20)/t13-,16-/m1/s1. The molecule has 3 heteroatoms. The minimum atomic E-state index is 0.0965. The number of hydrogen-bond donors (Lipinski definition) is 2. The van der Waals surface area contributed by atoms with Gasteiger partial charge in [-0.05, 0) is 43.0 Å². The van der Waals surface area contributed by atoms with Gasteiger partial charge in [-0.1, -0.05) is 38.8 Å². The predicted octanol–water partition coefficient (Wildman–Crippen LogP) is 3.21. The van der Waals surface area contributed by atoms with Crippen molar-refractivity contribution in [2.45, 2.75) is 39.5 Å². The first-order chi connectivity index (χ1) is 9.70. The molecule has 1 aliphatic rings. The Labute approximate surface area is 122 Å². The molecule has 3 nitrogen and oxygen atoms in total. The van der Waals surface area contributed by atoms with Gasteiger partial charge in [0.05, 0.1) is 5.92 Å². The van der Waals surface area contributed by atoms with Gasteiger partial charge in [-0.15, -0.1) is 0 Å². The maximum Gasteiger partial charge on any atom is 0.229 e. The Balaban J connectivity index is 1.85. The molecule has 0 bridgehead atoms. The maximum absolute atomic E-state index is 12.2.